The summed E-state index contributed by atoms with van der Waals surface area (Å²) in [4.78, 5) is 2.69. The molecule has 0 aliphatic carbocycles. The smallest absolute Gasteiger partial charge is 0.0356 e. The minimum Gasteiger partial charge on any atom is -0.296 e. The van der Waals surface area contributed by atoms with Gasteiger partial charge in [0.1, 0.15) is 0 Å². The Kier molecular flexibility index (Phi) is 4.21. The second kappa shape index (κ2) is 5.66. The number of piperidine rings is 1. The molecular formula is C13H21NS. The summed E-state index contributed by atoms with van der Waals surface area (Å²) in [6, 6.07) is 3.02. The predicted octanol–water partition coefficient (Wildman–Crippen LogP) is 4.08. The van der Waals surface area contributed by atoms with E-state index in [9.17, 15) is 0 Å². The van der Waals surface area contributed by atoms with Gasteiger partial charge in [-0.15, -0.1) is 0 Å². The van der Waals surface area contributed by atoms with Gasteiger partial charge in [-0.25, -0.2) is 0 Å². The number of hydrogen-bond acceptors (Lipinski definition) is 2. The quantitative estimate of drug-likeness (QED) is 0.743. The van der Waals surface area contributed by atoms with Crippen LogP contribution in [-0.4, -0.2) is 18.0 Å². The third kappa shape index (κ3) is 2.82. The lowest BCUT2D eigenvalue weighted by Gasteiger charge is -2.35. The van der Waals surface area contributed by atoms with Crippen LogP contribution in [0.2, 0.25) is 0 Å². The van der Waals surface area contributed by atoms with E-state index in [1.807, 2.05) is 11.3 Å². The molecule has 0 saturated carbocycles. The van der Waals surface area contributed by atoms with E-state index < -0.39 is 0 Å². The summed E-state index contributed by atoms with van der Waals surface area (Å²) in [5.41, 5.74) is 1.55. The van der Waals surface area contributed by atoms with Crippen molar-refractivity contribution in [2.45, 2.75) is 45.1 Å². The first-order valence-electron chi connectivity index (χ1n) is 6.18. The zero-order valence-corrected chi connectivity index (χ0v) is 10.4. The molecule has 0 amide bonds. The van der Waals surface area contributed by atoms with Crippen LogP contribution in [0.1, 0.15) is 50.6 Å². The Morgan fingerprint density at radius 1 is 1.47 bits per heavy atom. The number of rotatable bonds is 4. The first-order valence-corrected chi connectivity index (χ1v) is 7.12. The van der Waals surface area contributed by atoms with Gasteiger partial charge in [-0.1, -0.05) is 19.8 Å². The fourth-order valence-electron chi connectivity index (χ4n) is 2.46. The van der Waals surface area contributed by atoms with E-state index in [1.165, 1.54) is 45.2 Å². The van der Waals surface area contributed by atoms with Crippen molar-refractivity contribution in [2.24, 2.45) is 0 Å². The molecule has 84 valence electrons. The highest BCUT2D eigenvalue weighted by Gasteiger charge is 2.23. The Labute approximate surface area is 97.1 Å². The average molecular weight is 223 g/mol. The van der Waals surface area contributed by atoms with Gasteiger partial charge in [0.05, 0.1) is 0 Å². The highest BCUT2D eigenvalue weighted by atomic mass is 32.1. The molecule has 0 unspecified atom stereocenters. The monoisotopic (exact) mass is 223 g/mol. The molecule has 1 saturated heterocycles. The van der Waals surface area contributed by atoms with Gasteiger partial charge in [0.2, 0.25) is 0 Å². The van der Waals surface area contributed by atoms with Crippen LogP contribution in [0.4, 0.5) is 0 Å². The van der Waals surface area contributed by atoms with Crippen molar-refractivity contribution in [3.63, 3.8) is 0 Å². The molecule has 1 fully saturated rings. The first-order chi connectivity index (χ1) is 7.42. The van der Waals surface area contributed by atoms with Crippen molar-refractivity contribution < 1.29 is 0 Å². The molecule has 1 aliphatic heterocycles. The Morgan fingerprint density at radius 3 is 3.13 bits per heavy atom. The number of hydrogen-bond donors (Lipinski definition) is 0. The predicted molar refractivity (Wildman–Crippen MR) is 67.4 cm³/mol. The Balaban J connectivity index is 1.99. The van der Waals surface area contributed by atoms with Crippen LogP contribution in [0.3, 0.4) is 0 Å². The number of unbranched alkanes of at least 4 members (excludes halogenated alkanes) is 1. The minimum absolute atomic E-state index is 0.719. The fourth-order valence-corrected chi connectivity index (χ4v) is 3.17. The molecule has 0 aromatic carbocycles. The standard InChI is InChI=1S/C13H21NS/c1-2-3-8-14-9-5-4-6-13(14)12-7-10-15-11-12/h7,10-11,13H,2-6,8-9H2,1H3/t13-/m0/s1. The maximum Gasteiger partial charge on any atom is 0.0356 e. The normalized spacial score (nSPS) is 23.1. The largest absolute Gasteiger partial charge is 0.296 e. The van der Waals surface area contributed by atoms with E-state index in [4.69, 9.17) is 0 Å². The third-order valence-corrected chi connectivity index (χ3v) is 4.04. The molecule has 1 atom stereocenters. The molecular weight excluding hydrogens is 202 g/mol. The minimum atomic E-state index is 0.719. The molecule has 1 aliphatic rings. The van der Waals surface area contributed by atoms with Crippen molar-refractivity contribution in [2.75, 3.05) is 13.1 Å². The van der Waals surface area contributed by atoms with E-state index in [0.717, 1.165) is 6.04 Å². The molecule has 0 radical (unpaired) electrons. The van der Waals surface area contributed by atoms with E-state index >= 15 is 0 Å². The molecule has 1 aromatic heterocycles. The van der Waals surface area contributed by atoms with Crippen LogP contribution >= 0.6 is 11.3 Å². The number of likely N-dealkylation sites (tertiary alicyclic amines) is 1. The van der Waals surface area contributed by atoms with Gasteiger partial charge < -0.3 is 0 Å². The summed E-state index contributed by atoms with van der Waals surface area (Å²) >= 11 is 1.83. The summed E-state index contributed by atoms with van der Waals surface area (Å²) in [5, 5.41) is 4.54. The van der Waals surface area contributed by atoms with E-state index in [0.29, 0.717) is 0 Å². The van der Waals surface area contributed by atoms with Crippen LogP contribution in [0, 0.1) is 0 Å². The number of thiophene rings is 1. The molecule has 1 nitrogen and oxygen atoms in total. The fraction of sp³-hybridized carbons (Fsp3) is 0.692. The molecule has 0 N–H and O–H groups in total. The lowest BCUT2D eigenvalue weighted by Crippen LogP contribution is -2.33. The lowest BCUT2D eigenvalue weighted by atomic mass is 9.97. The summed E-state index contributed by atoms with van der Waals surface area (Å²) in [7, 11) is 0. The molecule has 15 heavy (non-hydrogen) atoms. The van der Waals surface area contributed by atoms with Crippen LogP contribution in [0.15, 0.2) is 16.8 Å². The Bertz CT molecular complexity index is 268. The summed E-state index contributed by atoms with van der Waals surface area (Å²) < 4.78 is 0. The van der Waals surface area contributed by atoms with Gasteiger partial charge in [-0.05, 0) is 54.7 Å². The molecule has 2 heterocycles. The van der Waals surface area contributed by atoms with Crippen molar-refractivity contribution in [3.05, 3.63) is 22.4 Å². The van der Waals surface area contributed by atoms with Crippen LogP contribution in [-0.2, 0) is 0 Å². The second-order valence-electron chi connectivity index (χ2n) is 4.46. The highest BCUT2D eigenvalue weighted by Crippen LogP contribution is 2.31. The topological polar surface area (TPSA) is 3.24 Å². The average Bonchev–Trinajstić information content (AvgIpc) is 2.80. The van der Waals surface area contributed by atoms with Crippen molar-refractivity contribution in [1.29, 1.82) is 0 Å². The van der Waals surface area contributed by atoms with Gasteiger partial charge >= 0.3 is 0 Å². The van der Waals surface area contributed by atoms with Gasteiger partial charge in [0, 0.05) is 6.04 Å². The van der Waals surface area contributed by atoms with Crippen LogP contribution in [0.5, 0.6) is 0 Å². The highest BCUT2D eigenvalue weighted by molar-refractivity contribution is 7.07. The molecule has 0 spiro atoms. The van der Waals surface area contributed by atoms with Gasteiger partial charge in [0.15, 0.2) is 0 Å². The maximum atomic E-state index is 2.69. The first kappa shape index (κ1) is 11.2. The van der Waals surface area contributed by atoms with Crippen LogP contribution in [0.25, 0.3) is 0 Å². The molecule has 0 bridgehead atoms. The molecule has 1 aromatic rings. The van der Waals surface area contributed by atoms with Gasteiger partial charge in [0.25, 0.3) is 0 Å². The summed E-state index contributed by atoms with van der Waals surface area (Å²) in [5.74, 6) is 0. The van der Waals surface area contributed by atoms with Crippen molar-refractivity contribution in [1.82, 2.24) is 4.90 Å². The Hall–Kier alpha value is -0.340. The zero-order valence-electron chi connectivity index (χ0n) is 9.61. The second-order valence-corrected chi connectivity index (χ2v) is 5.24. The van der Waals surface area contributed by atoms with Crippen molar-refractivity contribution >= 4 is 11.3 Å². The summed E-state index contributed by atoms with van der Waals surface area (Å²) in [6.07, 6.45) is 6.82. The maximum absolute atomic E-state index is 2.69. The lowest BCUT2D eigenvalue weighted by molar-refractivity contribution is 0.147. The summed E-state index contributed by atoms with van der Waals surface area (Å²) in [6.45, 7) is 4.88. The molecule has 2 heteroatoms. The molecule has 2 rings (SSSR count). The SMILES string of the molecule is CCCCN1CCCC[C@H]1c1ccsc1. The van der Waals surface area contributed by atoms with E-state index in [1.54, 1.807) is 5.56 Å². The number of nitrogens with zero attached hydrogens (tertiary/aromatic N) is 1. The van der Waals surface area contributed by atoms with Gasteiger partial charge in [-0.3, -0.25) is 4.90 Å². The third-order valence-electron chi connectivity index (χ3n) is 3.34. The zero-order chi connectivity index (χ0) is 10.5. The van der Waals surface area contributed by atoms with Crippen LogP contribution < -0.4 is 0 Å². The van der Waals surface area contributed by atoms with E-state index in [2.05, 4.69) is 28.7 Å². The Morgan fingerprint density at radius 2 is 2.40 bits per heavy atom. The van der Waals surface area contributed by atoms with E-state index in [-0.39, 0.29) is 0 Å². The van der Waals surface area contributed by atoms with Crippen molar-refractivity contribution in [3.8, 4) is 0 Å². The van der Waals surface area contributed by atoms with Gasteiger partial charge in [-0.2, -0.15) is 11.3 Å².